The number of carbonyl (C=O) groups is 2. The summed E-state index contributed by atoms with van der Waals surface area (Å²) in [5.74, 6) is -0.412. The Kier molecular flexibility index (Phi) is 6.15. The van der Waals surface area contributed by atoms with Gasteiger partial charge in [0.2, 0.25) is 5.91 Å². The van der Waals surface area contributed by atoms with Crippen LogP contribution in [0, 0.1) is 0 Å². The number of hydrogen-bond acceptors (Lipinski definition) is 3. The molecule has 0 unspecified atom stereocenters. The van der Waals surface area contributed by atoms with E-state index in [9.17, 15) is 9.59 Å². The monoisotopic (exact) mass is 283 g/mol. The van der Waals surface area contributed by atoms with E-state index in [1.807, 2.05) is 6.92 Å². The molecule has 1 aromatic rings. The van der Waals surface area contributed by atoms with Gasteiger partial charge in [-0.05, 0) is 18.6 Å². The van der Waals surface area contributed by atoms with Crippen molar-refractivity contribution in [3.8, 4) is 0 Å². The van der Waals surface area contributed by atoms with Crippen LogP contribution in [0.2, 0.25) is 5.02 Å². The van der Waals surface area contributed by atoms with E-state index in [2.05, 4.69) is 10.6 Å². The highest BCUT2D eigenvalue weighted by Gasteiger charge is 2.11. The molecule has 1 rings (SSSR count). The van der Waals surface area contributed by atoms with Crippen molar-refractivity contribution in [2.75, 3.05) is 18.8 Å². The van der Waals surface area contributed by atoms with E-state index in [1.165, 1.54) is 0 Å². The molecule has 5 nitrogen and oxygen atoms in total. The van der Waals surface area contributed by atoms with Crippen molar-refractivity contribution in [3.63, 3.8) is 0 Å². The molecule has 0 atom stereocenters. The van der Waals surface area contributed by atoms with E-state index in [0.717, 1.165) is 6.42 Å². The SMILES string of the molecule is CCCNC(=O)CCNC(=O)c1cccc(Cl)c1N. The first kappa shape index (κ1) is 15.3. The molecule has 4 N–H and O–H groups in total. The molecule has 0 saturated carbocycles. The predicted octanol–water partition coefficient (Wildman–Crippen LogP) is 1.57. The Morgan fingerprint density at radius 2 is 2.00 bits per heavy atom. The number of halogens is 1. The van der Waals surface area contributed by atoms with Gasteiger partial charge in [-0.1, -0.05) is 24.6 Å². The molecule has 1 aromatic carbocycles. The van der Waals surface area contributed by atoms with Crippen LogP contribution in [0.15, 0.2) is 18.2 Å². The molecular formula is C13H18ClN3O2. The van der Waals surface area contributed by atoms with Crippen LogP contribution in [0.5, 0.6) is 0 Å². The van der Waals surface area contributed by atoms with Crippen molar-refractivity contribution in [2.24, 2.45) is 0 Å². The summed E-state index contributed by atoms with van der Waals surface area (Å²) >= 11 is 5.83. The third-order valence-electron chi connectivity index (χ3n) is 2.51. The van der Waals surface area contributed by atoms with Crippen LogP contribution in [0.25, 0.3) is 0 Å². The Morgan fingerprint density at radius 3 is 2.68 bits per heavy atom. The molecule has 0 heterocycles. The smallest absolute Gasteiger partial charge is 0.253 e. The summed E-state index contributed by atoms with van der Waals surface area (Å²) in [4.78, 5) is 23.2. The number of carbonyl (C=O) groups excluding carboxylic acids is 2. The quantitative estimate of drug-likeness (QED) is 0.693. The number of nitrogen functional groups attached to an aromatic ring is 1. The lowest BCUT2D eigenvalue weighted by Crippen LogP contribution is -2.31. The van der Waals surface area contributed by atoms with Crippen molar-refractivity contribution in [1.82, 2.24) is 10.6 Å². The van der Waals surface area contributed by atoms with E-state index in [1.54, 1.807) is 18.2 Å². The molecule has 0 aliphatic carbocycles. The molecule has 0 radical (unpaired) electrons. The van der Waals surface area contributed by atoms with Crippen LogP contribution in [0.1, 0.15) is 30.1 Å². The highest BCUT2D eigenvalue weighted by Crippen LogP contribution is 2.21. The second-order valence-electron chi connectivity index (χ2n) is 4.06. The van der Waals surface area contributed by atoms with Crippen LogP contribution in [-0.4, -0.2) is 24.9 Å². The summed E-state index contributed by atoms with van der Waals surface area (Å²) < 4.78 is 0. The Labute approximate surface area is 117 Å². The standard InChI is InChI=1S/C13H18ClN3O2/c1-2-7-16-11(18)6-8-17-13(19)9-4-3-5-10(14)12(9)15/h3-5H,2,6-8,15H2,1H3,(H,16,18)(H,17,19). The van der Waals surface area contributed by atoms with Gasteiger partial charge in [-0.15, -0.1) is 0 Å². The summed E-state index contributed by atoms with van der Waals surface area (Å²) in [6.07, 6.45) is 1.13. The summed E-state index contributed by atoms with van der Waals surface area (Å²) in [6, 6.07) is 4.86. The Bertz CT molecular complexity index is 463. The zero-order chi connectivity index (χ0) is 14.3. The van der Waals surface area contributed by atoms with Gasteiger partial charge in [0.1, 0.15) is 0 Å². The summed E-state index contributed by atoms with van der Waals surface area (Å²) in [6.45, 7) is 2.89. The minimum absolute atomic E-state index is 0.0822. The number of nitrogens with two attached hydrogens (primary N) is 1. The van der Waals surface area contributed by atoms with E-state index >= 15 is 0 Å². The average molecular weight is 284 g/mol. The van der Waals surface area contributed by atoms with Gasteiger partial charge in [-0.2, -0.15) is 0 Å². The molecule has 0 aliphatic rings. The minimum atomic E-state index is -0.330. The lowest BCUT2D eigenvalue weighted by Gasteiger charge is -2.08. The first-order valence-corrected chi connectivity index (χ1v) is 6.53. The summed E-state index contributed by atoms with van der Waals surface area (Å²) in [7, 11) is 0. The largest absolute Gasteiger partial charge is 0.397 e. The van der Waals surface area contributed by atoms with Crippen molar-refractivity contribution in [2.45, 2.75) is 19.8 Å². The van der Waals surface area contributed by atoms with Gasteiger partial charge in [0, 0.05) is 19.5 Å². The van der Waals surface area contributed by atoms with Gasteiger partial charge in [0.25, 0.3) is 5.91 Å². The van der Waals surface area contributed by atoms with Crippen molar-refractivity contribution in [3.05, 3.63) is 28.8 Å². The second kappa shape index (κ2) is 7.63. The predicted molar refractivity (Wildman–Crippen MR) is 76.1 cm³/mol. The van der Waals surface area contributed by atoms with Crippen LogP contribution in [-0.2, 0) is 4.79 Å². The van der Waals surface area contributed by atoms with Crippen LogP contribution in [0.4, 0.5) is 5.69 Å². The summed E-state index contributed by atoms with van der Waals surface area (Å²) in [5, 5.41) is 5.71. The van der Waals surface area contributed by atoms with Gasteiger partial charge < -0.3 is 16.4 Å². The van der Waals surface area contributed by atoms with Crippen molar-refractivity contribution in [1.29, 1.82) is 0 Å². The fraction of sp³-hybridized carbons (Fsp3) is 0.385. The van der Waals surface area contributed by atoms with E-state index in [-0.39, 0.29) is 30.5 Å². The number of para-hydroxylation sites is 1. The zero-order valence-corrected chi connectivity index (χ0v) is 11.6. The molecule has 0 bridgehead atoms. The molecule has 2 amide bonds. The summed E-state index contributed by atoms with van der Waals surface area (Å²) in [5.41, 5.74) is 6.28. The van der Waals surface area contributed by atoms with E-state index in [4.69, 9.17) is 17.3 Å². The highest BCUT2D eigenvalue weighted by atomic mass is 35.5. The van der Waals surface area contributed by atoms with E-state index in [0.29, 0.717) is 17.1 Å². The number of benzene rings is 1. The molecule has 0 aromatic heterocycles. The maximum Gasteiger partial charge on any atom is 0.253 e. The Balaban J connectivity index is 2.43. The third-order valence-corrected chi connectivity index (χ3v) is 2.84. The van der Waals surface area contributed by atoms with Crippen LogP contribution >= 0.6 is 11.6 Å². The first-order chi connectivity index (χ1) is 9.06. The maximum atomic E-state index is 11.8. The average Bonchev–Trinajstić information content (AvgIpc) is 2.39. The van der Waals surface area contributed by atoms with E-state index < -0.39 is 0 Å². The highest BCUT2D eigenvalue weighted by molar-refractivity contribution is 6.33. The van der Waals surface area contributed by atoms with Gasteiger partial charge in [-0.25, -0.2) is 0 Å². The van der Waals surface area contributed by atoms with Crippen molar-refractivity contribution < 1.29 is 9.59 Å². The number of amides is 2. The Hall–Kier alpha value is -1.75. The van der Waals surface area contributed by atoms with Gasteiger partial charge in [0.15, 0.2) is 0 Å². The fourth-order valence-corrected chi connectivity index (χ4v) is 1.65. The number of nitrogens with one attached hydrogen (secondary N) is 2. The van der Waals surface area contributed by atoms with Crippen LogP contribution < -0.4 is 16.4 Å². The number of anilines is 1. The molecule has 104 valence electrons. The van der Waals surface area contributed by atoms with Gasteiger partial charge in [0.05, 0.1) is 16.3 Å². The third kappa shape index (κ3) is 4.79. The molecule has 0 saturated heterocycles. The van der Waals surface area contributed by atoms with Crippen LogP contribution in [0.3, 0.4) is 0 Å². The maximum absolute atomic E-state index is 11.8. The molecule has 19 heavy (non-hydrogen) atoms. The van der Waals surface area contributed by atoms with Crippen molar-refractivity contribution >= 4 is 29.1 Å². The topological polar surface area (TPSA) is 84.2 Å². The Morgan fingerprint density at radius 1 is 1.26 bits per heavy atom. The molecular weight excluding hydrogens is 266 g/mol. The number of hydrogen-bond donors (Lipinski definition) is 3. The normalized spacial score (nSPS) is 10.0. The number of rotatable bonds is 6. The molecule has 0 spiro atoms. The molecule has 6 heteroatoms. The second-order valence-corrected chi connectivity index (χ2v) is 4.46. The molecule has 0 aliphatic heterocycles. The fourth-order valence-electron chi connectivity index (χ4n) is 1.47. The van der Waals surface area contributed by atoms with Gasteiger partial charge in [-0.3, -0.25) is 9.59 Å². The zero-order valence-electron chi connectivity index (χ0n) is 10.8. The minimum Gasteiger partial charge on any atom is -0.397 e. The molecule has 0 fully saturated rings. The lowest BCUT2D eigenvalue weighted by atomic mass is 10.1. The first-order valence-electron chi connectivity index (χ1n) is 6.15. The lowest BCUT2D eigenvalue weighted by molar-refractivity contribution is -0.120. The van der Waals surface area contributed by atoms with Gasteiger partial charge >= 0.3 is 0 Å².